The highest BCUT2D eigenvalue weighted by atomic mass is 35.5. The van der Waals surface area contributed by atoms with E-state index in [0.29, 0.717) is 5.69 Å². The Hall–Kier alpha value is -3.38. The smallest absolute Gasteiger partial charge is 0.340 e. The number of benzene rings is 2. The van der Waals surface area contributed by atoms with Crippen LogP contribution in [0.25, 0.3) is 21.8 Å². The fourth-order valence-corrected chi connectivity index (χ4v) is 3.61. The molecule has 2 heterocycles. The Kier molecular flexibility index (Phi) is 5.42. The Morgan fingerprint density at radius 3 is 2.60 bits per heavy atom. The standard InChI is InChI=1S/C23H20ClN3O3/c1-3-27-19-7-5-4-6-17(19)18-12-16(9-10-20(18)27)26-22(28)14(2)30-23(29)15-8-11-21(24)25-13-15/h4-14H,3H2,1-2H3,(H,26,28). The molecule has 30 heavy (non-hydrogen) atoms. The molecule has 152 valence electrons. The maximum Gasteiger partial charge on any atom is 0.340 e. The minimum Gasteiger partial charge on any atom is -0.449 e. The number of halogens is 1. The summed E-state index contributed by atoms with van der Waals surface area (Å²) >= 11 is 5.72. The molecule has 1 amide bonds. The molecule has 2 aromatic carbocycles. The van der Waals surface area contributed by atoms with Crippen LogP contribution in [-0.2, 0) is 16.1 Å². The number of nitrogens with one attached hydrogen (secondary N) is 1. The maximum absolute atomic E-state index is 12.6. The van der Waals surface area contributed by atoms with Crippen molar-refractivity contribution in [3.63, 3.8) is 0 Å². The van der Waals surface area contributed by atoms with E-state index in [1.54, 1.807) is 0 Å². The van der Waals surface area contributed by atoms with E-state index >= 15 is 0 Å². The van der Waals surface area contributed by atoms with E-state index in [9.17, 15) is 9.59 Å². The van der Waals surface area contributed by atoms with Gasteiger partial charge in [0.1, 0.15) is 5.15 Å². The Morgan fingerprint density at radius 2 is 1.87 bits per heavy atom. The first-order chi connectivity index (χ1) is 14.5. The van der Waals surface area contributed by atoms with Crippen molar-refractivity contribution in [2.75, 3.05) is 5.32 Å². The van der Waals surface area contributed by atoms with E-state index in [-0.39, 0.29) is 10.7 Å². The number of anilines is 1. The number of nitrogens with zero attached hydrogens (tertiary/aromatic N) is 2. The first-order valence-corrected chi connectivity index (χ1v) is 10.00. The Morgan fingerprint density at radius 1 is 1.10 bits per heavy atom. The molecule has 0 spiro atoms. The van der Waals surface area contributed by atoms with Crippen molar-refractivity contribution in [2.45, 2.75) is 26.5 Å². The van der Waals surface area contributed by atoms with Crippen LogP contribution in [0, 0.1) is 0 Å². The van der Waals surface area contributed by atoms with E-state index in [0.717, 1.165) is 28.4 Å². The molecule has 7 heteroatoms. The summed E-state index contributed by atoms with van der Waals surface area (Å²) in [5, 5.41) is 5.29. The van der Waals surface area contributed by atoms with Crippen molar-refractivity contribution >= 4 is 51.0 Å². The van der Waals surface area contributed by atoms with E-state index in [1.807, 2.05) is 30.3 Å². The van der Waals surface area contributed by atoms with Crippen LogP contribution in [0.3, 0.4) is 0 Å². The molecule has 0 saturated heterocycles. The van der Waals surface area contributed by atoms with Crippen LogP contribution in [0.2, 0.25) is 5.15 Å². The lowest BCUT2D eigenvalue weighted by Crippen LogP contribution is -2.30. The summed E-state index contributed by atoms with van der Waals surface area (Å²) in [5.41, 5.74) is 3.12. The first kappa shape index (κ1) is 19.9. The zero-order chi connectivity index (χ0) is 21.3. The second kappa shape index (κ2) is 8.16. The molecule has 0 aliphatic rings. The van der Waals surface area contributed by atoms with Crippen LogP contribution in [0.15, 0.2) is 60.8 Å². The van der Waals surface area contributed by atoms with Gasteiger partial charge in [-0.25, -0.2) is 9.78 Å². The predicted octanol–water partition coefficient (Wildman–Crippen LogP) is 5.05. The van der Waals surface area contributed by atoms with Gasteiger partial charge >= 0.3 is 5.97 Å². The molecule has 4 rings (SSSR count). The van der Waals surface area contributed by atoms with E-state index in [2.05, 4.69) is 33.9 Å². The lowest BCUT2D eigenvalue weighted by atomic mass is 10.1. The van der Waals surface area contributed by atoms with Crippen molar-refractivity contribution in [1.82, 2.24) is 9.55 Å². The number of fused-ring (bicyclic) bond motifs is 3. The van der Waals surface area contributed by atoms with Crippen molar-refractivity contribution in [2.24, 2.45) is 0 Å². The van der Waals surface area contributed by atoms with Gasteiger partial charge in [0.15, 0.2) is 6.10 Å². The second-order valence-corrected chi connectivity index (χ2v) is 7.29. The van der Waals surface area contributed by atoms with Gasteiger partial charge in [-0.2, -0.15) is 0 Å². The summed E-state index contributed by atoms with van der Waals surface area (Å²) in [4.78, 5) is 28.6. The Labute approximate surface area is 178 Å². The zero-order valence-corrected chi connectivity index (χ0v) is 17.3. The van der Waals surface area contributed by atoms with Crippen LogP contribution < -0.4 is 5.32 Å². The maximum atomic E-state index is 12.6. The third-order valence-electron chi connectivity index (χ3n) is 4.97. The molecular weight excluding hydrogens is 402 g/mol. The van der Waals surface area contributed by atoms with E-state index in [1.165, 1.54) is 25.3 Å². The Bertz CT molecular complexity index is 1250. The van der Waals surface area contributed by atoms with Gasteiger partial charge in [-0.3, -0.25) is 4.79 Å². The van der Waals surface area contributed by atoms with Gasteiger partial charge in [-0.05, 0) is 50.2 Å². The molecule has 0 aliphatic carbocycles. The number of esters is 1. The number of pyridine rings is 1. The van der Waals surface area contributed by atoms with Gasteiger partial charge in [0, 0.05) is 40.2 Å². The minimum atomic E-state index is -0.971. The number of aryl methyl sites for hydroxylation is 1. The van der Waals surface area contributed by atoms with Gasteiger partial charge < -0.3 is 14.6 Å². The molecule has 0 fully saturated rings. The molecular formula is C23H20ClN3O3. The zero-order valence-electron chi connectivity index (χ0n) is 16.6. The van der Waals surface area contributed by atoms with Crippen molar-refractivity contribution in [1.29, 1.82) is 0 Å². The highest BCUT2D eigenvalue weighted by Gasteiger charge is 2.20. The number of hydrogen-bond donors (Lipinski definition) is 1. The summed E-state index contributed by atoms with van der Waals surface area (Å²) in [5.74, 6) is -1.05. The second-order valence-electron chi connectivity index (χ2n) is 6.90. The highest BCUT2D eigenvalue weighted by Crippen LogP contribution is 2.31. The number of para-hydroxylation sites is 1. The number of amides is 1. The fourth-order valence-electron chi connectivity index (χ4n) is 3.49. The van der Waals surface area contributed by atoms with Crippen molar-refractivity contribution < 1.29 is 14.3 Å². The number of rotatable bonds is 5. The molecule has 0 saturated carbocycles. The third-order valence-corrected chi connectivity index (χ3v) is 5.20. The van der Waals surface area contributed by atoms with Gasteiger partial charge in [0.05, 0.1) is 5.56 Å². The largest absolute Gasteiger partial charge is 0.449 e. The molecule has 2 aromatic heterocycles. The topological polar surface area (TPSA) is 73.2 Å². The normalized spacial score (nSPS) is 12.1. The Balaban J connectivity index is 1.53. The van der Waals surface area contributed by atoms with E-state index in [4.69, 9.17) is 16.3 Å². The lowest BCUT2D eigenvalue weighted by Gasteiger charge is -2.14. The van der Waals surface area contributed by atoms with Crippen LogP contribution in [0.4, 0.5) is 5.69 Å². The minimum absolute atomic E-state index is 0.229. The number of carbonyl (C=O) groups is 2. The summed E-state index contributed by atoms with van der Waals surface area (Å²) in [6.45, 7) is 4.48. The van der Waals surface area contributed by atoms with Gasteiger partial charge in [-0.1, -0.05) is 29.8 Å². The molecule has 1 N–H and O–H groups in total. The number of aromatic nitrogens is 2. The summed E-state index contributed by atoms with van der Waals surface area (Å²) in [7, 11) is 0. The van der Waals surface area contributed by atoms with Gasteiger partial charge in [-0.15, -0.1) is 0 Å². The average Bonchev–Trinajstić information content (AvgIpc) is 3.07. The summed E-state index contributed by atoms with van der Waals surface area (Å²) in [6, 6.07) is 16.9. The predicted molar refractivity (Wildman–Crippen MR) is 118 cm³/mol. The summed E-state index contributed by atoms with van der Waals surface area (Å²) in [6.07, 6.45) is 0.341. The van der Waals surface area contributed by atoms with Crippen LogP contribution in [-0.4, -0.2) is 27.5 Å². The fraction of sp³-hybridized carbons (Fsp3) is 0.174. The summed E-state index contributed by atoms with van der Waals surface area (Å²) < 4.78 is 7.49. The molecule has 4 aromatic rings. The van der Waals surface area contributed by atoms with Gasteiger partial charge in [0.25, 0.3) is 5.91 Å². The number of hydrogen-bond acceptors (Lipinski definition) is 4. The third kappa shape index (κ3) is 3.74. The van der Waals surface area contributed by atoms with Crippen molar-refractivity contribution in [3.05, 3.63) is 71.5 Å². The number of carbonyl (C=O) groups excluding carboxylic acids is 2. The van der Waals surface area contributed by atoms with Crippen LogP contribution in [0.5, 0.6) is 0 Å². The SMILES string of the molecule is CCn1c2ccccc2c2cc(NC(=O)C(C)OC(=O)c3ccc(Cl)nc3)ccc21. The van der Waals surface area contributed by atoms with Gasteiger partial charge in [0.2, 0.25) is 0 Å². The average molecular weight is 422 g/mol. The van der Waals surface area contributed by atoms with Crippen LogP contribution in [0.1, 0.15) is 24.2 Å². The molecule has 0 bridgehead atoms. The lowest BCUT2D eigenvalue weighted by molar-refractivity contribution is -0.123. The quantitative estimate of drug-likeness (QED) is 0.361. The number of ether oxygens (including phenoxy) is 1. The molecule has 6 nitrogen and oxygen atoms in total. The monoisotopic (exact) mass is 421 g/mol. The first-order valence-electron chi connectivity index (χ1n) is 9.62. The molecule has 1 unspecified atom stereocenters. The molecule has 1 atom stereocenters. The van der Waals surface area contributed by atoms with E-state index < -0.39 is 18.0 Å². The van der Waals surface area contributed by atoms with Crippen molar-refractivity contribution in [3.8, 4) is 0 Å². The van der Waals surface area contributed by atoms with Crippen LogP contribution >= 0.6 is 11.6 Å². The highest BCUT2D eigenvalue weighted by molar-refractivity contribution is 6.29. The molecule has 0 aliphatic heterocycles. The molecule has 0 radical (unpaired) electrons.